The van der Waals surface area contributed by atoms with Gasteiger partial charge in [0.2, 0.25) is 11.8 Å². The number of benzene rings is 1. The zero-order chi connectivity index (χ0) is 53.0. The number of nitrogens with zero attached hydrogens (tertiary/aromatic N) is 7. The Balaban J connectivity index is 0.734. The second-order valence-electron chi connectivity index (χ2n) is 20.8. The molecule has 9 rings (SSSR count). The number of Topliss-reactive ketones (excluding diaryl/α,β-unsaturated/α-hetero) is 1. The Morgan fingerprint density at radius 1 is 0.987 bits per heavy atom. The Kier molecular flexibility index (Phi) is 16.0. The van der Waals surface area contributed by atoms with E-state index >= 15 is 0 Å². The quantitative estimate of drug-likeness (QED) is 0.0465. The summed E-state index contributed by atoms with van der Waals surface area (Å²) in [5.41, 5.74) is 6.00. The standard InChI is InChI=1S/C54H62FN11O7S2/c1-30-47(74-29-60-30)33-6-7-34(27-59-49(70)39-23-37(67)22-38(39)46(69)48(53(2,3)4)63-52(71)54(55)15-16-54)44(21-33)73-19-18-72-17-14-45(68)62-35-10-8-32(9-11-35)50-64-65-51(75-50)40-28-58-42(24-41(40)57-5)43-13-12-36-20-31(25-56)26-61-66(36)43/h6-7,12-13,20-21,24,26,28-29,32,35,37-39,48,67H,8-11,14-19,22-23,27H2,1-5H3,(H,57,58)(H,59,70)(H,62,68)(H,63,71)/t32-,35-,37-,38?,39?,48+/m0/s1. The number of rotatable bonds is 20. The minimum Gasteiger partial charge on any atom is -0.491 e. The Morgan fingerprint density at radius 2 is 1.77 bits per heavy atom. The molecule has 5 N–H and O–H groups in total. The predicted octanol–water partition coefficient (Wildman–Crippen LogP) is 7.49. The number of ketones is 1. The number of aryl methyl sites for hydroxylation is 1. The lowest BCUT2D eigenvalue weighted by Crippen LogP contribution is -2.54. The largest absolute Gasteiger partial charge is 0.491 e. The van der Waals surface area contributed by atoms with Crippen molar-refractivity contribution in [3.05, 3.63) is 82.2 Å². The molecular weight excluding hydrogens is 998 g/mol. The van der Waals surface area contributed by atoms with Crippen molar-refractivity contribution in [3.63, 3.8) is 0 Å². The van der Waals surface area contributed by atoms with Gasteiger partial charge >= 0.3 is 0 Å². The summed E-state index contributed by atoms with van der Waals surface area (Å²) in [5, 5.41) is 47.3. The number of ether oxygens (including phenoxy) is 2. The van der Waals surface area contributed by atoms with E-state index < -0.39 is 52.7 Å². The number of hydrogen-bond acceptors (Lipinski definition) is 16. The smallest absolute Gasteiger partial charge is 0.258 e. The Morgan fingerprint density at radius 3 is 2.49 bits per heavy atom. The van der Waals surface area contributed by atoms with E-state index in [0.29, 0.717) is 16.9 Å². The highest BCUT2D eigenvalue weighted by Crippen LogP contribution is 2.43. The third-order valence-electron chi connectivity index (χ3n) is 14.4. The summed E-state index contributed by atoms with van der Waals surface area (Å²) in [6, 6.07) is 14.4. The summed E-state index contributed by atoms with van der Waals surface area (Å²) in [5.74, 6) is -2.68. The third kappa shape index (κ3) is 12.2. The van der Waals surface area contributed by atoms with Gasteiger partial charge < -0.3 is 35.8 Å². The Bertz CT molecular complexity index is 3110. The molecule has 4 atom stereocenters. The highest BCUT2D eigenvalue weighted by molar-refractivity contribution is 7.14. The van der Waals surface area contributed by atoms with E-state index in [9.17, 15) is 33.9 Å². The molecule has 0 saturated heterocycles. The number of thiazole rings is 1. The van der Waals surface area contributed by atoms with Crippen LogP contribution < -0.4 is 26.0 Å². The fourth-order valence-electron chi connectivity index (χ4n) is 10.0. The molecule has 3 amide bonds. The zero-order valence-electron chi connectivity index (χ0n) is 42.7. The molecule has 2 unspecified atom stereocenters. The minimum atomic E-state index is -1.97. The molecule has 21 heteroatoms. The van der Waals surface area contributed by atoms with Crippen LogP contribution in [0.3, 0.4) is 0 Å². The molecule has 3 saturated carbocycles. The first-order chi connectivity index (χ1) is 36.0. The molecule has 0 aliphatic heterocycles. The van der Waals surface area contributed by atoms with E-state index in [1.165, 1.54) is 17.5 Å². The summed E-state index contributed by atoms with van der Waals surface area (Å²) in [6.07, 6.45) is 6.35. The average Bonchev–Trinajstić information content (AvgIpc) is 3.88. The van der Waals surface area contributed by atoms with Gasteiger partial charge in [0.15, 0.2) is 16.5 Å². The van der Waals surface area contributed by atoms with E-state index in [4.69, 9.17) is 14.5 Å². The van der Waals surface area contributed by atoms with Gasteiger partial charge in [-0.3, -0.25) is 24.2 Å². The number of pyridine rings is 1. The fraction of sp³-hybridized carbons (Fsp3) is 0.481. The molecule has 3 aliphatic carbocycles. The second-order valence-corrected chi connectivity index (χ2v) is 22.7. The van der Waals surface area contributed by atoms with Crippen LogP contribution in [-0.2, 0) is 30.5 Å². The topological polar surface area (TPSA) is 248 Å². The van der Waals surface area contributed by atoms with Gasteiger partial charge in [0.1, 0.15) is 23.4 Å². The van der Waals surface area contributed by atoms with Crippen LogP contribution in [0.4, 0.5) is 10.1 Å². The summed E-state index contributed by atoms with van der Waals surface area (Å²) in [7, 11) is 1.85. The first-order valence-corrected chi connectivity index (χ1v) is 27.1. The summed E-state index contributed by atoms with van der Waals surface area (Å²) < 4.78 is 28.6. The molecule has 5 aromatic heterocycles. The fourth-order valence-corrected chi connectivity index (χ4v) is 11.8. The van der Waals surface area contributed by atoms with Crippen molar-refractivity contribution in [2.24, 2.45) is 17.3 Å². The zero-order valence-corrected chi connectivity index (χ0v) is 44.3. The van der Waals surface area contributed by atoms with Gasteiger partial charge in [-0.05, 0) is 99.6 Å². The van der Waals surface area contributed by atoms with E-state index in [1.807, 2.05) is 50.4 Å². The SMILES string of the molecule is CNc1cc(-c2ccc3cc(C#N)cnn23)ncc1-c1nnc([C@H]2CC[C@H](NC(=O)CCOCCOc3cc(-c4scnc4C)ccc3CNC(=O)C3C[C@@H](O)CC3C(=O)[C@@H](NC(=O)C3(F)CC3)C(C)(C)C)CC2)s1. The summed E-state index contributed by atoms with van der Waals surface area (Å²) >= 11 is 3.06. The normalized spacial score (nSPS) is 20.5. The van der Waals surface area contributed by atoms with Gasteiger partial charge in [-0.1, -0.05) is 44.2 Å². The van der Waals surface area contributed by atoms with E-state index in [2.05, 4.69) is 47.6 Å². The van der Waals surface area contributed by atoms with Crippen molar-refractivity contribution >= 4 is 57.4 Å². The molecule has 0 spiro atoms. The van der Waals surface area contributed by atoms with Gasteiger partial charge in [0.05, 0.1) is 81.6 Å². The molecule has 394 valence electrons. The number of amides is 3. The van der Waals surface area contributed by atoms with Gasteiger partial charge in [0, 0.05) is 55.3 Å². The van der Waals surface area contributed by atoms with Crippen molar-refractivity contribution in [2.45, 2.75) is 122 Å². The number of alkyl halides is 1. The van der Waals surface area contributed by atoms with E-state index in [0.717, 1.165) is 80.0 Å². The van der Waals surface area contributed by atoms with Crippen molar-refractivity contribution in [1.29, 1.82) is 5.26 Å². The molecule has 5 heterocycles. The number of fused-ring (bicyclic) bond motifs is 1. The first kappa shape index (κ1) is 53.1. The molecule has 3 fully saturated rings. The van der Waals surface area contributed by atoms with Gasteiger partial charge in [-0.25, -0.2) is 13.9 Å². The molecule has 3 aliphatic rings. The van der Waals surface area contributed by atoms with Crippen LogP contribution in [0, 0.1) is 35.5 Å². The van der Waals surface area contributed by atoms with Crippen LogP contribution in [-0.4, -0.2) is 109 Å². The van der Waals surface area contributed by atoms with Gasteiger partial charge in [0.25, 0.3) is 5.91 Å². The second kappa shape index (κ2) is 22.6. The Hall–Kier alpha value is -6.73. The first-order valence-electron chi connectivity index (χ1n) is 25.4. The number of carbonyl (C=O) groups is 4. The number of anilines is 1. The van der Waals surface area contributed by atoms with Crippen LogP contribution in [0.15, 0.2) is 60.4 Å². The number of carbonyl (C=O) groups excluding carboxylic acids is 4. The molecule has 0 radical (unpaired) electrons. The number of halogens is 1. The third-order valence-corrected chi connectivity index (χ3v) is 16.5. The van der Waals surface area contributed by atoms with Gasteiger partial charge in [-0.15, -0.1) is 21.5 Å². The maximum Gasteiger partial charge on any atom is 0.258 e. The molecule has 18 nitrogen and oxygen atoms in total. The lowest BCUT2D eigenvalue weighted by molar-refractivity contribution is -0.138. The average molecular weight is 1060 g/mol. The lowest BCUT2D eigenvalue weighted by Gasteiger charge is -2.33. The molecule has 6 aromatic rings. The predicted molar refractivity (Wildman–Crippen MR) is 281 cm³/mol. The molecule has 75 heavy (non-hydrogen) atoms. The molecule has 1 aromatic carbocycles. The highest BCUT2D eigenvalue weighted by Gasteiger charge is 2.54. The van der Waals surface area contributed by atoms with Gasteiger partial charge in [-0.2, -0.15) is 10.4 Å². The van der Waals surface area contributed by atoms with E-state index in [-0.39, 0.29) is 76.3 Å². The number of hydrogen-bond donors (Lipinski definition) is 5. The Labute approximate surface area is 442 Å². The highest BCUT2D eigenvalue weighted by atomic mass is 32.1. The monoisotopic (exact) mass is 1060 g/mol. The maximum atomic E-state index is 14.7. The maximum absolute atomic E-state index is 14.7. The van der Waals surface area contributed by atoms with Crippen molar-refractivity contribution in [2.75, 3.05) is 32.2 Å². The van der Waals surface area contributed by atoms with Crippen LogP contribution >= 0.6 is 22.7 Å². The molecular formula is C54H62FN11O7S2. The number of aliphatic hydroxyl groups excluding tert-OH is 1. The number of nitrogens with one attached hydrogen (secondary N) is 4. The molecule has 0 bridgehead atoms. The summed E-state index contributed by atoms with van der Waals surface area (Å²) in [4.78, 5) is 63.7. The van der Waals surface area contributed by atoms with Crippen molar-refractivity contribution < 1.29 is 38.1 Å². The van der Waals surface area contributed by atoms with Crippen LogP contribution in [0.1, 0.15) is 106 Å². The number of aromatic nitrogens is 6. The van der Waals surface area contributed by atoms with Crippen LogP contribution in [0.5, 0.6) is 5.75 Å². The summed E-state index contributed by atoms with van der Waals surface area (Å²) in [6.45, 7) is 7.92. The lowest BCUT2D eigenvalue weighted by atomic mass is 9.77. The van der Waals surface area contributed by atoms with E-state index in [1.54, 1.807) is 54.4 Å². The van der Waals surface area contributed by atoms with Crippen LogP contribution in [0.25, 0.3) is 37.9 Å². The van der Waals surface area contributed by atoms with Crippen LogP contribution in [0.2, 0.25) is 0 Å². The number of aliphatic hydroxyl groups is 1. The van der Waals surface area contributed by atoms with Crippen molar-refractivity contribution in [1.82, 2.24) is 45.7 Å². The van der Waals surface area contributed by atoms with Crippen molar-refractivity contribution in [3.8, 4) is 44.2 Å². The minimum absolute atomic E-state index is 0.0482. The number of nitriles is 1.